The van der Waals surface area contributed by atoms with Gasteiger partial charge in [0.05, 0.1) is 28.2 Å². The van der Waals surface area contributed by atoms with Gasteiger partial charge in [-0.3, -0.25) is 9.10 Å². The number of hydrazone groups is 1. The molecule has 27 heavy (non-hydrogen) atoms. The lowest BCUT2D eigenvalue weighted by Gasteiger charge is -2.21. The SMILES string of the molecule is CSc1ccc(/C=N/NC(=O)CN(c2ccc(Cl)c(Cl)c2)S(C)(=O)=O)cc1. The summed E-state index contributed by atoms with van der Waals surface area (Å²) in [6, 6.07) is 11.9. The molecule has 0 aliphatic heterocycles. The molecule has 0 saturated heterocycles. The fourth-order valence-corrected chi connectivity index (χ4v) is 3.62. The number of carbonyl (C=O) groups is 1. The molecule has 2 rings (SSSR count). The lowest BCUT2D eigenvalue weighted by atomic mass is 10.2. The van der Waals surface area contributed by atoms with E-state index in [0.717, 1.165) is 21.0 Å². The van der Waals surface area contributed by atoms with Gasteiger partial charge in [0.25, 0.3) is 5.91 Å². The molecule has 1 amide bonds. The zero-order valence-corrected chi connectivity index (χ0v) is 17.7. The predicted octanol–water partition coefficient (Wildman–Crippen LogP) is 3.63. The molecule has 0 bridgehead atoms. The maximum absolute atomic E-state index is 12.1. The van der Waals surface area contributed by atoms with E-state index < -0.39 is 22.5 Å². The highest BCUT2D eigenvalue weighted by molar-refractivity contribution is 7.98. The van der Waals surface area contributed by atoms with Crippen molar-refractivity contribution in [1.82, 2.24) is 5.43 Å². The minimum absolute atomic E-state index is 0.190. The molecule has 0 aliphatic rings. The summed E-state index contributed by atoms with van der Waals surface area (Å²) in [6.07, 6.45) is 4.45. The number of amides is 1. The molecule has 0 radical (unpaired) electrons. The van der Waals surface area contributed by atoms with Gasteiger partial charge in [-0.25, -0.2) is 13.8 Å². The standard InChI is InChI=1S/C17H17Cl2N3O3S2/c1-26-14-6-3-12(4-7-14)10-20-21-17(23)11-22(27(2,24)25)13-5-8-15(18)16(19)9-13/h3-10H,11H2,1-2H3,(H,21,23)/b20-10+. The molecular formula is C17H17Cl2N3O3S2. The number of rotatable bonds is 7. The van der Waals surface area contributed by atoms with E-state index in [2.05, 4.69) is 10.5 Å². The number of nitrogens with zero attached hydrogens (tertiary/aromatic N) is 2. The van der Waals surface area contributed by atoms with Crippen LogP contribution in [0.2, 0.25) is 10.0 Å². The first kappa shape index (κ1) is 21.6. The highest BCUT2D eigenvalue weighted by Crippen LogP contribution is 2.28. The fraction of sp³-hybridized carbons (Fsp3) is 0.176. The van der Waals surface area contributed by atoms with Gasteiger partial charge in [-0.1, -0.05) is 35.3 Å². The first-order chi connectivity index (χ1) is 12.7. The van der Waals surface area contributed by atoms with Crippen LogP contribution in [0, 0.1) is 0 Å². The van der Waals surface area contributed by atoms with Crippen LogP contribution in [0.15, 0.2) is 52.5 Å². The summed E-state index contributed by atoms with van der Waals surface area (Å²) in [5.41, 5.74) is 3.36. The molecule has 0 unspecified atom stereocenters. The number of sulfonamides is 1. The van der Waals surface area contributed by atoms with Crippen LogP contribution < -0.4 is 9.73 Å². The highest BCUT2D eigenvalue weighted by Gasteiger charge is 2.21. The second-order valence-corrected chi connectivity index (χ2v) is 9.04. The zero-order chi connectivity index (χ0) is 20.0. The van der Waals surface area contributed by atoms with Crippen LogP contribution in [-0.4, -0.2) is 39.6 Å². The van der Waals surface area contributed by atoms with Crippen molar-refractivity contribution < 1.29 is 13.2 Å². The van der Waals surface area contributed by atoms with E-state index in [9.17, 15) is 13.2 Å². The van der Waals surface area contributed by atoms with E-state index in [4.69, 9.17) is 23.2 Å². The summed E-state index contributed by atoms with van der Waals surface area (Å²) >= 11 is 13.4. The third-order valence-electron chi connectivity index (χ3n) is 3.40. The second kappa shape index (κ2) is 9.45. The molecule has 0 heterocycles. The monoisotopic (exact) mass is 445 g/mol. The second-order valence-electron chi connectivity index (χ2n) is 5.43. The first-order valence-electron chi connectivity index (χ1n) is 7.59. The Morgan fingerprint density at radius 1 is 1.19 bits per heavy atom. The Morgan fingerprint density at radius 3 is 2.41 bits per heavy atom. The zero-order valence-electron chi connectivity index (χ0n) is 14.5. The number of hydrogen-bond donors (Lipinski definition) is 1. The summed E-state index contributed by atoms with van der Waals surface area (Å²) in [5, 5.41) is 4.33. The Morgan fingerprint density at radius 2 is 1.85 bits per heavy atom. The van der Waals surface area contributed by atoms with Crippen molar-refractivity contribution in [2.45, 2.75) is 4.90 Å². The van der Waals surface area contributed by atoms with Crippen molar-refractivity contribution >= 4 is 62.8 Å². The largest absolute Gasteiger partial charge is 0.271 e. The van der Waals surface area contributed by atoms with Crippen LogP contribution in [0.25, 0.3) is 0 Å². The molecule has 0 aliphatic carbocycles. The predicted molar refractivity (Wildman–Crippen MR) is 113 cm³/mol. The van der Waals surface area contributed by atoms with Crippen molar-refractivity contribution in [3.8, 4) is 0 Å². The molecule has 6 nitrogen and oxygen atoms in total. The molecule has 0 aromatic heterocycles. The fourth-order valence-electron chi connectivity index (χ4n) is 2.07. The quantitative estimate of drug-likeness (QED) is 0.400. The minimum Gasteiger partial charge on any atom is -0.271 e. The summed E-state index contributed by atoms with van der Waals surface area (Å²) in [4.78, 5) is 13.2. The van der Waals surface area contributed by atoms with Gasteiger partial charge in [-0.2, -0.15) is 5.10 Å². The van der Waals surface area contributed by atoms with E-state index in [0.29, 0.717) is 0 Å². The molecule has 0 fully saturated rings. The van der Waals surface area contributed by atoms with E-state index in [1.807, 2.05) is 30.5 Å². The summed E-state index contributed by atoms with van der Waals surface area (Å²) in [6.45, 7) is -0.445. The van der Waals surface area contributed by atoms with Crippen LogP contribution in [-0.2, 0) is 14.8 Å². The third-order valence-corrected chi connectivity index (χ3v) is 6.02. The number of benzene rings is 2. The molecule has 2 aromatic rings. The van der Waals surface area contributed by atoms with Gasteiger partial charge >= 0.3 is 0 Å². The van der Waals surface area contributed by atoms with Crippen LogP contribution in [0.1, 0.15) is 5.56 Å². The van der Waals surface area contributed by atoms with Crippen molar-refractivity contribution in [2.75, 3.05) is 23.4 Å². The summed E-state index contributed by atoms with van der Waals surface area (Å²) < 4.78 is 25.0. The van der Waals surface area contributed by atoms with Crippen LogP contribution in [0.3, 0.4) is 0 Å². The smallest absolute Gasteiger partial charge is 0.260 e. The van der Waals surface area contributed by atoms with E-state index in [-0.39, 0.29) is 15.7 Å². The average molecular weight is 446 g/mol. The maximum atomic E-state index is 12.1. The normalized spacial score (nSPS) is 11.6. The lowest BCUT2D eigenvalue weighted by Crippen LogP contribution is -2.39. The Kier molecular flexibility index (Phi) is 7.55. The summed E-state index contributed by atoms with van der Waals surface area (Å²) in [5.74, 6) is -0.594. The van der Waals surface area contributed by atoms with Crippen LogP contribution >= 0.6 is 35.0 Å². The van der Waals surface area contributed by atoms with Gasteiger partial charge in [-0.15, -0.1) is 11.8 Å². The van der Waals surface area contributed by atoms with E-state index >= 15 is 0 Å². The molecule has 2 aromatic carbocycles. The van der Waals surface area contributed by atoms with Crippen LogP contribution in [0.4, 0.5) is 5.69 Å². The molecular weight excluding hydrogens is 429 g/mol. The number of hydrogen-bond acceptors (Lipinski definition) is 5. The minimum atomic E-state index is -3.71. The number of thioether (sulfide) groups is 1. The first-order valence-corrected chi connectivity index (χ1v) is 11.4. The molecule has 0 atom stereocenters. The Hall–Kier alpha value is -1.74. The van der Waals surface area contributed by atoms with Gasteiger partial charge in [0, 0.05) is 4.90 Å². The number of nitrogens with one attached hydrogen (secondary N) is 1. The van der Waals surface area contributed by atoms with Gasteiger partial charge in [0.2, 0.25) is 10.0 Å². The molecule has 0 spiro atoms. The summed E-state index contributed by atoms with van der Waals surface area (Å²) in [7, 11) is -3.71. The Balaban J connectivity index is 2.07. The van der Waals surface area contributed by atoms with Crippen molar-refractivity contribution in [3.05, 3.63) is 58.1 Å². The van der Waals surface area contributed by atoms with Crippen molar-refractivity contribution in [2.24, 2.45) is 5.10 Å². The number of halogens is 2. The third kappa shape index (κ3) is 6.42. The van der Waals surface area contributed by atoms with Gasteiger partial charge in [0.1, 0.15) is 6.54 Å². The lowest BCUT2D eigenvalue weighted by molar-refractivity contribution is -0.119. The van der Waals surface area contributed by atoms with E-state index in [1.165, 1.54) is 24.4 Å². The molecule has 1 N–H and O–H groups in total. The van der Waals surface area contributed by atoms with Crippen molar-refractivity contribution in [1.29, 1.82) is 0 Å². The number of anilines is 1. The van der Waals surface area contributed by atoms with Crippen LogP contribution in [0.5, 0.6) is 0 Å². The molecule has 10 heteroatoms. The number of carbonyl (C=O) groups excluding carboxylic acids is 1. The van der Waals surface area contributed by atoms with Gasteiger partial charge in [-0.05, 0) is 42.2 Å². The highest BCUT2D eigenvalue weighted by atomic mass is 35.5. The van der Waals surface area contributed by atoms with Crippen molar-refractivity contribution in [3.63, 3.8) is 0 Å². The molecule has 0 saturated carbocycles. The Labute approximate surface area is 172 Å². The Bertz CT molecular complexity index is 948. The average Bonchev–Trinajstić information content (AvgIpc) is 2.62. The van der Waals surface area contributed by atoms with Gasteiger partial charge < -0.3 is 0 Å². The molecule has 144 valence electrons. The van der Waals surface area contributed by atoms with E-state index in [1.54, 1.807) is 11.8 Å². The van der Waals surface area contributed by atoms with Gasteiger partial charge in [0.15, 0.2) is 0 Å². The topological polar surface area (TPSA) is 78.8 Å². The maximum Gasteiger partial charge on any atom is 0.260 e.